The highest BCUT2D eigenvalue weighted by Gasteiger charge is 2.47. The number of amides is 1. The number of hydrogen-bond acceptors (Lipinski definition) is 5. The lowest BCUT2D eigenvalue weighted by Crippen LogP contribution is -2.29. The minimum absolute atomic E-state index is 0.0559. The van der Waals surface area contributed by atoms with E-state index >= 15 is 0 Å². The van der Waals surface area contributed by atoms with E-state index in [1.165, 1.54) is 4.90 Å². The molecule has 2 unspecified atom stereocenters. The maximum absolute atomic E-state index is 13.3. The van der Waals surface area contributed by atoms with Crippen LogP contribution in [0, 0.1) is 0 Å². The third-order valence-electron chi connectivity index (χ3n) is 6.06. The molecular formula is C27H23NO5. The number of aliphatic hydroxyl groups excluding tert-OH is 1. The standard InChI is InChI=1S/C27H23NO5/c1-16-13-19-14-18(11-12-22(19)33-16)25(29)23-24(17-7-4-3-5-8-17)28(27(31)26(23)30)20-9-6-10-21(15-20)32-2/h3-12,14-16,24,29H,13H2,1-2H3/b25-23-. The van der Waals surface area contributed by atoms with Gasteiger partial charge in [-0.3, -0.25) is 14.5 Å². The average Bonchev–Trinajstić information content (AvgIpc) is 3.34. The van der Waals surface area contributed by atoms with Gasteiger partial charge >= 0.3 is 0 Å². The number of methoxy groups -OCH3 is 1. The minimum Gasteiger partial charge on any atom is -0.507 e. The lowest BCUT2D eigenvalue weighted by atomic mass is 9.94. The van der Waals surface area contributed by atoms with E-state index in [0.29, 0.717) is 17.0 Å². The van der Waals surface area contributed by atoms with Crippen LogP contribution in [0.5, 0.6) is 11.5 Å². The fourth-order valence-electron chi connectivity index (χ4n) is 4.53. The molecule has 0 spiro atoms. The zero-order valence-electron chi connectivity index (χ0n) is 18.3. The topological polar surface area (TPSA) is 76.1 Å². The van der Waals surface area contributed by atoms with Gasteiger partial charge in [-0.2, -0.15) is 0 Å². The van der Waals surface area contributed by atoms with Crippen molar-refractivity contribution in [2.75, 3.05) is 12.0 Å². The number of rotatable bonds is 4. The molecule has 3 aromatic rings. The number of ketones is 1. The molecule has 0 saturated carbocycles. The first kappa shape index (κ1) is 20.8. The summed E-state index contributed by atoms with van der Waals surface area (Å²) in [6.07, 6.45) is 0.775. The Hall–Kier alpha value is -4.06. The second-order valence-corrected chi connectivity index (χ2v) is 8.24. The van der Waals surface area contributed by atoms with Crippen LogP contribution in [-0.2, 0) is 16.0 Å². The summed E-state index contributed by atoms with van der Waals surface area (Å²) < 4.78 is 11.1. The number of hydrogen-bond donors (Lipinski definition) is 1. The number of carbonyl (C=O) groups excluding carboxylic acids is 2. The molecule has 0 aromatic heterocycles. The van der Waals surface area contributed by atoms with Crippen molar-refractivity contribution < 1.29 is 24.2 Å². The molecule has 0 radical (unpaired) electrons. The number of carbonyl (C=O) groups is 2. The first-order valence-corrected chi connectivity index (χ1v) is 10.8. The van der Waals surface area contributed by atoms with Crippen molar-refractivity contribution >= 4 is 23.1 Å². The molecule has 2 aliphatic rings. The average molecular weight is 441 g/mol. The Morgan fingerprint density at radius 2 is 1.82 bits per heavy atom. The predicted molar refractivity (Wildman–Crippen MR) is 124 cm³/mol. The van der Waals surface area contributed by atoms with Crippen molar-refractivity contribution in [1.29, 1.82) is 0 Å². The molecule has 0 aliphatic carbocycles. The zero-order valence-corrected chi connectivity index (χ0v) is 18.3. The van der Waals surface area contributed by atoms with E-state index in [1.54, 1.807) is 43.5 Å². The lowest BCUT2D eigenvalue weighted by molar-refractivity contribution is -0.132. The van der Waals surface area contributed by atoms with E-state index in [2.05, 4.69) is 0 Å². The van der Waals surface area contributed by atoms with E-state index in [4.69, 9.17) is 9.47 Å². The maximum atomic E-state index is 13.3. The molecule has 2 heterocycles. The van der Waals surface area contributed by atoms with Gasteiger partial charge in [0.05, 0.1) is 18.7 Å². The second kappa shape index (κ2) is 8.13. The van der Waals surface area contributed by atoms with E-state index in [-0.39, 0.29) is 17.4 Å². The molecular weight excluding hydrogens is 418 g/mol. The number of Topliss-reactive ketones (excluding diaryl/α,β-unsaturated/α-hetero) is 1. The summed E-state index contributed by atoms with van der Waals surface area (Å²) in [4.78, 5) is 27.9. The van der Waals surface area contributed by atoms with Gasteiger partial charge in [-0.15, -0.1) is 0 Å². The Morgan fingerprint density at radius 3 is 2.58 bits per heavy atom. The molecule has 5 rings (SSSR count). The number of anilines is 1. The summed E-state index contributed by atoms with van der Waals surface area (Å²) in [7, 11) is 1.54. The Morgan fingerprint density at radius 1 is 1.03 bits per heavy atom. The molecule has 3 aromatic carbocycles. The smallest absolute Gasteiger partial charge is 0.300 e. The molecule has 1 N–H and O–H groups in total. The van der Waals surface area contributed by atoms with Crippen LogP contribution in [0.3, 0.4) is 0 Å². The number of nitrogens with zero attached hydrogens (tertiary/aromatic N) is 1. The summed E-state index contributed by atoms with van der Waals surface area (Å²) in [5, 5.41) is 11.3. The Kier molecular flexibility index (Phi) is 5.13. The highest BCUT2D eigenvalue weighted by molar-refractivity contribution is 6.51. The summed E-state index contributed by atoms with van der Waals surface area (Å²) in [5.74, 6) is -0.287. The van der Waals surface area contributed by atoms with E-state index in [0.717, 1.165) is 23.3 Å². The summed E-state index contributed by atoms with van der Waals surface area (Å²) in [5.41, 5.74) is 2.74. The molecule has 2 atom stereocenters. The van der Waals surface area contributed by atoms with Gasteiger partial charge in [-0.25, -0.2) is 0 Å². The number of benzene rings is 3. The summed E-state index contributed by atoms with van der Waals surface area (Å²) >= 11 is 0. The highest BCUT2D eigenvalue weighted by atomic mass is 16.5. The van der Waals surface area contributed by atoms with Crippen molar-refractivity contribution in [1.82, 2.24) is 0 Å². The van der Waals surface area contributed by atoms with Gasteiger partial charge < -0.3 is 14.6 Å². The molecule has 2 aliphatic heterocycles. The van der Waals surface area contributed by atoms with E-state index in [9.17, 15) is 14.7 Å². The monoisotopic (exact) mass is 441 g/mol. The fourth-order valence-corrected chi connectivity index (χ4v) is 4.53. The lowest BCUT2D eigenvalue weighted by Gasteiger charge is -2.25. The molecule has 166 valence electrons. The van der Waals surface area contributed by atoms with E-state index in [1.807, 2.05) is 43.3 Å². The van der Waals surface area contributed by atoms with Crippen LogP contribution in [0.1, 0.15) is 29.7 Å². The van der Waals surface area contributed by atoms with Crippen LogP contribution < -0.4 is 14.4 Å². The van der Waals surface area contributed by atoms with Crippen molar-refractivity contribution in [2.24, 2.45) is 0 Å². The van der Waals surface area contributed by atoms with Gasteiger partial charge in [0.25, 0.3) is 11.7 Å². The minimum atomic E-state index is -0.776. The third kappa shape index (κ3) is 3.53. The van der Waals surface area contributed by atoms with Gasteiger partial charge in [-0.1, -0.05) is 36.4 Å². The van der Waals surface area contributed by atoms with Crippen LogP contribution in [0.15, 0.2) is 78.4 Å². The van der Waals surface area contributed by atoms with Crippen LogP contribution >= 0.6 is 0 Å². The summed E-state index contributed by atoms with van der Waals surface area (Å²) in [6.45, 7) is 1.98. The SMILES string of the molecule is COc1cccc(N2C(=O)C(=O)/C(=C(\O)c3ccc4c(c3)CC(C)O4)C2c2ccccc2)c1. The molecule has 6 heteroatoms. The highest BCUT2D eigenvalue weighted by Crippen LogP contribution is 2.43. The van der Waals surface area contributed by atoms with E-state index < -0.39 is 17.7 Å². The molecule has 6 nitrogen and oxygen atoms in total. The van der Waals surface area contributed by atoms with Crippen LogP contribution in [-0.4, -0.2) is 30.0 Å². The third-order valence-corrected chi connectivity index (χ3v) is 6.06. The second-order valence-electron chi connectivity index (χ2n) is 8.24. The first-order valence-electron chi connectivity index (χ1n) is 10.8. The van der Waals surface area contributed by atoms with Gasteiger partial charge in [0, 0.05) is 23.7 Å². The molecule has 1 fully saturated rings. The maximum Gasteiger partial charge on any atom is 0.300 e. The molecule has 1 amide bonds. The Bertz CT molecular complexity index is 1280. The van der Waals surface area contributed by atoms with Crippen molar-refractivity contribution in [3.63, 3.8) is 0 Å². The van der Waals surface area contributed by atoms with Gasteiger partial charge in [-0.05, 0) is 48.4 Å². The van der Waals surface area contributed by atoms with Crippen molar-refractivity contribution in [3.05, 3.63) is 95.1 Å². The quantitative estimate of drug-likeness (QED) is 0.363. The van der Waals surface area contributed by atoms with Crippen LogP contribution in [0.2, 0.25) is 0 Å². The zero-order chi connectivity index (χ0) is 23.1. The Balaban J connectivity index is 1.68. The van der Waals surface area contributed by atoms with Crippen LogP contribution in [0.4, 0.5) is 5.69 Å². The molecule has 33 heavy (non-hydrogen) atoms. The fraction of sp³-hybridized carbons (Fsp3) is 0.185. The largest absolute Gasteiger partial charge is 0.507 e. The predicted octanol–water partition coefficient (Wildman–Crippen LogP) is 4.64. The van der Waals surface area contributed by atoms with Gasteiger partial charge in [0.1, 0.15) is 23.4 Å². The van der Waals surface area contributed by atoms with Crippen LogP contribution in [0.25, 0.3) is 5.76 Å². The number of fused-ring (bicyclic) bond motifs is 1. The number of ether oxygens (including phenoxy) is 2. The normalized spacial score (nSPS) is 21.1. The Labute approximate surface area is 191 Å². The van der Waals surface area contributed by atoms with Crippen molar-refractivity contribution in [3.8, 4) is 11.5 Å². The first-order chi connectivity index (χ1) is 16.0. The summed E-state index contributed by atoms with van der Waals surface area (Å²) in [6, 6.07) is 20.8. The molecule has 0 bridgehead atoms. The number of aliphatic hydroxyl groups is 1. The van der Waals surface area contributed by atoms with Gasteiger partial charge in [0.2, 0.25) is 0 Å². The van der Waals surface area contributed by atoms with Crippen molar-refractivity contribution in [2.45, 2.75) is 25.5 Å². The molecule has 1 saturated heterocycles. The van der Waals surface area contributed by atoms with Gasteiger partial charge in [0.15, 0.2) is 0 Å².